The second-order valence-electron chi connectivity index (χ2n) is 10.2. The molecule has 6 heterocycles. The summed E-state index contributed by atoms with van der Waals surface area (Å²) < 4.78 is 93.2. The topological polar surface area (TPSA) is 240 Å². The van der Waals surface area contributed by atoms with Gasteiger partial charge >= 0.3 is 13.6 Å². The van der Waals surface area contributed by atoms with E-state index in [1.807, 2.05) is 0 Å². The highest BCUT2D eigenvalue weighted by Crippen LogP contribution is 2.60. The van der Waals surface area contributed by atoms with E-state index in [2.05, 4.69) is 51.2 Å². The molecule has 1 amide bonds. The van der Waals surface area contributed by atoms with Crippen molar-refractivity contribution in [2.24, 2.45) is 10.7 Å². The van der Waals surface area contributed by atoms with Gasteiger partial charge in [-0.15, -0.1) is 0 Å². The first-order valence-electron chi connectivity index (χ1n) is 13.3. The van der Waals surface area contributed by atoms with Crippen molar-refractivity contribution in [3.8, 4) is 0 Å². The molecular weight excluding hydrogens is 700 g/mol. The highest BCUT2D eigenvalue weighted by atomic mass is 32.7. The fraction of sp³-hybridized carbons (Fsp3) is 0.500. The van der Waals surface area contributed by atoms with E-state index in [4.69, 9.17) is 39.0 Å². The van der Waals surface area contributed by atoms with Gasteiger partial charge < -0.3 is 35.1 Å². The number of rotatable bonds is 4. The van der Waals surface area contributed by atoms with Crippen LogP contribution in [-0.4, -0.2) is 91.7 Å². The number of aliphatic hydroxyl groups is 1. The molecule has 2 unspecified atom stereocenters. The number of ether oxygens (including phenoxy) is 2. The predicted molar refractivity (Wildman–Crippen MR) is 160 cm³/mol. The normalized spacial score (nSPS) is 37.2. The number of hydrogen-bond donors (Lipinski definition) is 5. The number of halogens is 2. The Hall–Kier alpha value is -2.49. The van der Waals surface area contributed by atoms with E-state index in [-0.39, 0.29) is 29.2 Å². The van der Waals surface area contributed by atoms with Crippen LogP contribution in [0, 0.1) is 5.82 Å². The van der Waals surface area contributed by atoms with E-state index >= 15 is 4.39 Å². The molecule has 3 aliphatic rings. The number of carbonyl (C=O) groups is 1. The number of nitrogens with two attached hydrogens (primary N) is 2. The largest absolute Gasteiger partial charge is 0.387 e. The Balaban J connectivity index is 1.29. The molecule has 0 aliphatic carbocycles. The van der Waals surface area contributed by atoms with Gasteiger partial charge in [0.15, 0.2) is 35.9 Å². The van der Waals surface area contributed by atoms with Gasteiger partial charge in [0.2, 0.25) is 0 Å². The number of anilines is 1. The number of nitrogens with zero attached hydrogens (tertiary/aromatic N) is 6. The fourth-order valence-corrected chi connectivity index (χ4v) is 8.40. The number of alkyl halides is 1. The Kier molecular flexibility index (Phi) is 9.09. The summed E-state index contributed by atoms with van der Waals surface area (Å²) in [4.78, 5) is 27.5. The van der Waals surface area contributed by atoms with Gasteiger partial charge in [-0.25, -0.2) is 37.9 Å². The van der Waals surface area contributed by atoms with Crippen molar-refractivity contribution in [3.05, 3.63) is 30.2 Å². The number of carbonyl (C=O) groups excluding carboxylic acids is 1. The third-order valence-electron chi connectivity index (χ3n) is 7.44. The number of amides is 1. The van der Waals surface area contributed by atoms with Gasteiger partial charge in [0, 0.05) is 12.6 Å². The third kappa shape index (κ3) is 6.12. The molecule has 46 heavy (non-hydrogen) atoms. The summed E-state index contributed by atoms with van der Waals surface area (Å²) in [5.74, 6) is -2.61. The molecule has 3 saturated heterocycles. The molecule has 5 N–H and O–H groups in total. The van der Waals surface area contributed by atoms with Crippen molar-refractivity contribution in [1.29, 1.82) is 0 Å². The standard InChI is InChI=1S/C22H26F2N8O10P2S2/c1-27-19-11(18(26)34)8(23)4-31(19)22-16-14(33)10(40-22)5-38-44(36,46)41-15-9(2-3-37-43(35,45)42-16)39-21(12(15)24)32-7-30-13-17(25)28-6-29-20(13)32/h4,6-7,9-10,12,14-16,21-22,33H,1-3,5H2,(H2,26,34)(H,35,45)(H,36,46)(H2,25,28,29)/t9-,10-,12-,14-,15-,16-,21-,22-,43?,44?/m1/s1. The average molecular weight is 727 g/mol. The van der Waals surface area contributed by atoms with Gasteiger partial charge in [-0.3, -0.25) is 22.9 Å². The summed E-state index contributed by atoms with van der Waals surface area (Å²) in [6.07, 6.45) is -9.50. The Morgan fingerprint density at radius 3 is 2.50 bits per heavy atom. The number of fused-ring (bicyclic) bond motifs is 4. The van der Waals surface area contributed by atoms with E-state index in [1.54, 1.807) is 0 Å². The van der Waals surface area contributed by atoms with Crippen molar-refractivity contribution in [2.75, 3.05) is 18.9 Å². The van der Waals surface area contributed by atoms with Crippen molar-refractivity contribution >= 4 is 73.5 Å². The number of hydrogen-bond acceptors (Lipinski definition) is 15. The van der Waals surface area contributed by atoms with Crippen LogP contribution in [0.2, 0.25) is 0 Å². The summed E-state index contributed by atoms with van der Waals surface area (Å²) in [6, 6.07) is 0. The number of aromatic nitrogens is 5. The summed E-state index contributed by atoms with van der Waals surface area (Å²) in [5.41, 5.74) is 10.8. The smallest absolute Gasteiger partial charge is 0.386 e. The van der Waals surface area contributed by atoms with Crippen LogP contribution >= 0.6 is 38.1 Å². The van der Waals surface area contributed by atoms with Crippen LogP contribution in [0.25, 0.3) is 11.2 Å². The lowest BCUT2D eigenvalue weighted by molar-refractivity contribution is -0.0481. The Morgan fingerprint density at radius 1 is 1.09 bits per heavy atom. The van der Waals surface area contributed by atoms with Crippen LogP contribution in [0.1, 0.15) is 29.2 Å². The number of aliphatic imine (C=N–C) groups is 1. The van der Waals surface area contributed by atoms with Crippen LogP contribution < -0.4 is 11.5 Å². The molecule has 6 rings (SSSR count). The Labute approximate surface area is 268 Å². The molecule has 0 aromatic carbocycles. The lowest BCUT2D eigenvalue weighted by atomic mass is 10.1. The lowest BCUT2D eigenvalue weighted by Gasteiger charge is -2.26. The molecule has 10 atom stereocenters. The molecule has 0 radical (unpaired) electrons. The van der Waals surface area contributed by atoms with E-state index in [1.165, 1.54) is 10.9 Å². The van der Waals surface area contributed by atoms with Crippen molar-refractivity contribution in [1.82, 2.24) is 24.1 Å². The van der Waals surface area contributed by atoms with E-state index in [9.17, 15) is 23.4 Å². The van der Waals surface area contributed by atoms with Gasteiger partial charge in [-0.2, -0.15) is 0 Å². The van der Waals surface area contributed by atoms with Gasteiger partial charge in [-0.1, -0.05) is 24.5 Å². The zero-order chi connectivity index (χ0) is 33.1. The van der Waals surface area contributed by atoms with Crippen molar-refractivity contribution in [2.45, 2.75) is 55.6 Å². The van der Waals surface area contributed by atoms with E-state index < -0.39 is 93.2 Å². The maximum Gasteiger partial charge on any atom is 0.386 e. The highest BCUT2D eigenvalue weighted by molar-refractivity contribution is 8.44. The van der Waals surface area contributed by atoms with Crippen LogP contribution in [0.5, 0.6) is 0 Å². The minimum Gasteiger partial charge on any atom is -0.387 e. The summed E-state index contributed by atoms with van der Waals surface area (Å²) in [7, 11) is 0. The number of imidazole rings is 1. The van der Waals surface area contributed by atoms with E-state index in [0.29, 0.717) is 0 Å². The van der Waals surface area contributed by atoms with E-state index in [0.717, 1.165) is 17.1 Å². The monoisotopic (exact) mass is 726 g/mol. The molecule has 18 nitrogen and oxygen atoms in total. The number of primary amides is 1. The van der Waals surface area contributed by atoms with Crippen LogP contribution in [0.4, 0.5) is 20.4 Å². The molecule has 3 aromatic rings. The molecule has 3 fully saturated rings. The molecule has 250 valence electrons. The molecule has 2 bridgehead atoms. The van der Waals surface area contributed by atoms with Crippen LogP contribution in [-0.2, 0) is 36.7 Å². The Bertz CT molecular complexity index is 1790. The molecule has 24 heteroatoms. The summed E-state index contributed by atoms with van der Waals surface area (Å²) in [6.45, 7) is -6.64. The maximum atomic E-state index is 16.0. The fourth-order valence-electron chi connectivity index (χ4n) is 5.41. The second-order valence-corrected chi connectivity index (χ2v) is 16.0. The molecule has 0 saturated carbocycles. The maximum absolute atomic E-state index is 16.0. The average Bonchev–Trinajstić information content (AvgIpc) is 3.71. The quantitative estimate of drug-likeness (QED) is 0.147. The minimum absolute atomic E-state index is 0.0476. The summed E-state index contributed by atoms with van der Waals surface area (Å²) >= 11 is 7.98. The first-order valence-corrected chi connectivity index (χ1v) is 18.6. The zero-order valence-electron chi connectivity index (χ0n) is 23.2. The number of nitrogen functional groups attached to an aromatic ring is 1. The number of thiol groups is 2. The van der Waals surface area contributed by atoms with Crippen LogP contribution in [0.3, 0.4) is 0 Å². The van der Waals surface area contributed by atoms with Gasteiger partial charge in [0.05, 0.1) is 25.6 Å². The third-order valence-corrected chi connectivity index (χ3v) is 10.7. The zero-order valence-corrected chi connectivity index (χ0v) is 26.8. The van der Waals surface area contributed by atoms with Gasteiger partial charge in [0.25, 0.3) is 5.91 Å². The first-order chi connectivity index (χ1) is 21.7. The minimum atomic E-state index is -4.43. The van der Waals surface area contributed by atoms with Gasteiger partial charge in [-0.05, 0) is 6.72 Å². The number of aliphatic hydroxyl groups excluding tert-OH is 1. The highest BCUT2D eigenvalue weighted by Gasteiger charge is 2.53. The SMILES string of the molecule is C=Nc1c(C(N)=O)c(F)cn1[C@@H]1O[C@@H]2COP(=O)(S)O[C@H]3[C@@H](F)[C@H](n4cnc5c(N)ncnc54)O[C@@H]3CCOP(=O)(S)O[C@@H]1[C@@H]2O. The predicted octanol–water partition coefficient (Wildman–Crippen LogP) is 2.26. The summed E-state index contributed by atoms with van der Waals surface area (Å²) in [5, 5.41) is 11.1. The first kappa shape index (κ1) is 33.4. The van der Waals surface area contributed by atoms with Crippen LogP contribution in [0.15, 0.2) is 23.8 Å². The second kappa shape index (κ2) is 12.5. The molecular formula is C22H26F2N8O10P2S2. The van der Waals surface area contributed by atoms with Crippen molar-refractivity contribution < 1.29 is 55.4 Å². The molecule has 0 spiro atoms. The van der Waals surface area contributed by atoms with Crippen molar-refractivity contribution in [3.63, 3.8) is 0 Å². The molecule has 3 aromatic heterocycles. The lowest BCUT2D eigenvalue weighted by Crippen LogP contribution is -2.36. The van der Waals surface area contributed by atoms with Gasteiger partial charge in [0.1, 0.15) is 47.6 Å². The Morgan fingerprint density at radius 2 is 1.78 bits per heavy atom. The molecule has 3 aliphatic heterocycles.